The Morgan fingerprint density at radius 3 is 2.37 bits per heavy atom. The lowest BCUT2D eigenvalue weighted by atomic mass is 10.2. The van der Waals surface area contributed by atoms with Crippen LogP contribution in [0.4, 0.5) is 0 Å². The van der Waals surface area contributed by atoms with Crippen LogP contribution in [0.5, 0.6) is 5.75 Å². The van der Waals surface area contributed by atoms with Gasteiger partial charge in [0.05, 0.1) is 18.6 Å². The fourth-order valence-electron chi connectivity index (χ4n) is 2.32. The minimum absolute atomic E-state index is 0. The molecule has 0 atom stereocenters. The molecule has 0 aromatic heterocycles. The molecule has 0 saturated heterocycles. The molecular formula is C18H25IN4O3S. The Morgan fingerprint density at radius 1 is 1.11 bits per heavy atom. The monoisotopic (exact) mass is 504 g/mol. The van der Waals surface area contributed by atoms with Crippen LogP contribution in [-0.4, -0.2) is 28.0 Å². The number of sulfonamides is 1. The molecule has 0 radical (unpaired) electrons. The van der Waals surface area contributed by atoms with Gasteiger partial charge >= 0.3 is 0 Å². The highest BCUT2D eigenvalue weighted by molar-refractivity contribution is 14.0. The first-order valence-electron chi connectivity index (χ1n) is 8.20. The molecule has 0 aliphatic rings. The van der Waals surface area contributed by atoms with Crippen molar-refractivity contribution in [2.45, 2.75) is 24.9 Å². The van der Waals surface area contributed by atoms with Gasteiger partial charge in [-0.1, -0.05) is 30.3 Å². The zero-order valence-electron chi connectivity index (χ0n) is 15.3. The van der Waals surface area contributed by atoms with Crippen molar-refractivity contribution in [1.82, 2.24) is 10.6 Å². The summed E-state index contributed by atoms with van der Waals surface area (Å²) in [6.45, 7) is 3.69. The van der Waals surface area contributed by atoms with E-state index in [0.717, 1.165) is 23.4 Å². The van der Waals surface area contributed by atoms with Crippen molar-refractivity contribution in [3.05, 3.63) is 59.7 Å². The summed E-state index contributed by atoms with van der Waals surface area (Å²) >= 11 is 0. The maximum absolute atomic E-state index is 11.3. The lowest BCUT2D eigenvalue weighted by Gasteiger charge is -2.13. The molecule has 0 aliphatic carbocycles. The van der Waals surface area contributed by atoms with Gasteiger partial charge in [-0.3, -0.25) is 0 Å². The van der Waals surface area contributed by atoms with Crippen LogP contribution in [0, 0.1) is 0 Å². The van der Waals surface area contributed by atoms with Crippen molar-refractivity contribution >= 4 is 40.0 Å². The average molecular weight is 504 g/mol. The minimum Gasteiger partial charge on any atom is -0.496 e. The number of hydrogen-bond donors (Lipinski definition) is 3. The second kappa shape index (κ2) is 11.1. The highest BCUT2D eigenvalue weighted by atomic mass is 127. The number of aliphatic imine (C=N–C) groups is 1. The van der Waals surface area contributed by atoms with Gasteiger partial charge < -0.3 is 15.4 Å². The topological polar surface area (TPSA) is 106 Å². The molecule has 0 unspecified atom stereocenters. The molecule has 0 amide bonds. The molecule has 0 bridgehead atoms. The van der Waals surface area contributed by atoms with Gasteiger partial charge in [-0.2, -0.15) is 0 Å². The molecule has 9 heteroatoms. The van der Waals surface area contributed by atoms with Gasteiger partial charge in [-0.05, 0) is 30.7 Å². The van der Waals surface area contributed by atoms with Crippen molar-refractivity contribution in [2.75, 3.05) is 13.7 Å². The van der Waals surface area contributed by atoms with Crippen LogP contribution in [-0.2, 0) is 23.1 Å². The third kappa shape index (κ3) is 7.35. The number of halogens is 1. The highest BCUT2D eigenvalue weighted by Gasteiger charge is 2.07. The quantitative estimate of drug-likeness (QED) is 0.305. The minimum atomic E-state index is -3.68. The molecule has 2 aromatic rings. The zero-order chi connectivity index (χ0) is 19.0. The summed E-state index contributed by atoms with van der Waals surface area (Å²) in [6, 6.07) is 14.1. The first-order chi connectivity index (χ1) is 12.4. The predicted molar refractivity (Wildman–Crippen MR) is 118 cm³/mol. The van der Waals surface area contributed by atoms with E-state index in [1.54, 1.807) is 19.2 Å². The third-order valence-electron chi connectivity index (χ3n) is 3.65. The zero-order valence-corrected chi connectivity index (χ0v) is 18.5. The van der Waals surface area contributed by atoms with Crippen LogP contribution < -0.4 is 20.5 Å². The second-order valence-corrected chi connectivity index (χ2v) is 7.11. The SMILES string of the molecule is CCNC(=NCc1ccc(S(N)(=O)=O)cc1)NCc1ccccc1OC.I. The number of nitrogens with one attached hydrogen (secondary N) is 2. The number of rotatable bonds is 7. The molecule has 0 heterocycles. The van der Waals surface area contributed by atoms with Crippen LogP contribution >= 0.6 is 24.0 Å². The van der Waals surface area contributed by atoms with Gasteiger partial charge in [0.25, 0.3) is 0 Å². The van der Waals surface area contributed by atoms with E-state index in [2.05, 4.69) is 15.6 Å². The molecule has 4 N–H and O–H groups in total. The first kappa shape index (κ1) is 23.2. The average Bonchev–Trinajstić information content (AvgIpc) is 2.64. The smallest absolute Gasteiger partial charge is 0.238 e. The molecule has 0 fully saturated rings. The van der Waals surface area contributed by atoms with Gasteiger partial charge in [0, 0.05) is 18.7 Å². The Labute approximate surface area is 177 Å². The lowest BCUT2D eigenvalue weighted by molar-refractivity contribution is 0.409. The molecule has 0 spiro atoms. The molecule has 2 rings (SSSR count). The number of guanidine groups is 1. The van der Waals surface area contributed by atoms with Crippen LogP contribution in [0.1, 0.15) is 18.1 Å². The molecular weight excluding hydrogens is 479 g/mol. The molecule has 2 aromatic carbocycles. The fraction of sp³-hybridized carbons (Fsp3) is 0.278. The second-order valence-electron chi connectivity index (χ2n) is 5.55. The maximum atomic E-state index is 11.3. The van der Waals surface area contributed by atoms with Crippen molar-refractivity contribution < 1.29 is 13.2 Å². The van der Waals surface area contributed by atoms with Gasteiger partial charge in [0.15, 0.2) is 5.96 Å². The molecule has 148 valence electrons. The predicted octanol–water partition coefficient (Wildman–Crippen LogP) is 2.22. The molecule has 27 heavy (non-hydrogen) atoms. The third-order valence-corrected chi connectivity index (χ3v) is 4.58. The standard InChI is InChI=1S/C18H24N4O3S.HI/c1-3-20-18(22-13-15-6-4-5-7-17(15)25-2)21-12-14-8-10-16(11-9-14)26(19,23)24;/h4-11H,3,12-13H2,1-2H3,(H2,19,23,24)(H2,20,21,22);1H. The van der Waals surface area contributed by atoms with Crippen molar-refractivity contribution in [3.63, 3.8) is 0 Å². The van der Waals surface area contributed by atoms with Crippen LogP contribution in [0.25, 0.3) is 0 Å². The summed E-state index contributed by atoms with van der Waals surface area (Å²) in [5, 5.41) is 11.5. The normalized spacial score (nSPS) is 11.4. The number of para-hydroxylation sites is 1. The first-order valence-corrected chi connectivity index (χ1v) is 9.74. The van der Waals surface area contributed by atoms with E-state index in [0.29, 0.717) is 19.0 Å². The number of nitrogens with zero attached hydrogens (tertiary/aromatic N) is 1. The van der Waals surface area contributed by atoms with E-state index in [1.165, 1.54) is 12.1 Å². The Balaban J connectivity index is 0.00000364. The van der Waals surface area contributed by atoms with Crippen LogP contribution in [0.2, 0.25) is 0 Å². The van der Waals surface area contributed by atoms with E-state index in [4.69, 9.17) is 9.88 Å². The van der Waals surface area contributed by atoms with E-state index in [1.807, 2.05) is 31.2 Å². The summed E-state index contributed by atoms with van der Waals surface area (Å²) in [7, 11) is -2.04. The van der Waals surface area contributed by atoms with E-state index in [9.17, 15) is 8.42 Å². The van der Waals surface area contributed by atoms with Crippen LogP contribution in [0.3, 0.4) is 0 Å². The number of methoxy groups -OCH3 is 1. The summed E-state index contributed by atoms with van der Waals surface area (Å²) in [5.41, 5.74) is 1.91. The summed E-state index contributed by atoms with van der Waals surface area (Å²) in [4.78, 5) is 4.61. The Kier molecular flexibility index (Phi) is 9.53. The van der Waals surface area contributed by atoms with Crippen molar-refractivity contribution in [2.24, 2.45) is 10.1 Å². The van der Waals surface area contributed by atoms with Gasteiger partial charge in [-0.15, -0.1) is 24.0 Å². The van der Waals surface area contributed by atoms with Gasteiger partial charge in [0.2, 0.25) is 10.0 Å². The molecule has 0 aliphatic heterocycles. The van der Waals surface area contributed by atoms with E-state index >= 15 is 0 Å². The summed E-state index contributed by atoms with van der Waals surface area (Å²) in [5.74, 6) is 1.48. The molecule has 7 nitrogen and oxygen atoms in total. The van der Waals surface area contributed by atoms with Crippen molar-refractivity contribution in [1.29, 1.82) is 0 Å². The number of primary sulfonamides is 1. The fourth-order valence-corrected chi connectivity index (χ4v) is 2.84. The largest absolute Gasteiger partial charge is 0.496 e. The highest BCUT2D eigenvalue weighted by Crippen LogP contribution is 2.16. The number of benzene rings is 2. The Hall–Kier alpha value is -1.85. The van der Waals surface area contributed by atoms with Gasteiger partial charge in [0.1, 0.15) is 5.75 Å². The van der Waals surface area contributed by atoms with E-state index in [-0.39, 0.29) is 28.9 Å². The summed E-state index contributed by atoms with van der Waals surface area (Å²) < 4.78 is 27.9. The van der Waals surface area contributed by atoms with Gasteiger partial charge in [-0.25, -0.2) is 18.5 Å². The van der Waals surface area contributed by atoms with Crippen molar-refractivity contribution in [3.8, 4) is 5.75 Å². The number of ether oxygens (including phenoxy) is 1. The molecule has 0 saturated carbocycles. The number of hydrogen-bond acceptors (Lipinski definition) is 4. The Morgan fingerprint density at radius 2 is 1.78 bits per heavy atom. The lowest BCUT2D eigenvalue weighted by Crippen LogP contribution is -2.36. The Bertz CT molecular complexity index is 855. The van der Waals surface area contributed by atoms with E-state index < -0.39 is 10.0 Å². The number of nitrogens with two attached hydrogens (primary N) is 1. The maximum Gasteiger partial charge on any atom is 0.238 e. The van der Waals surface area contributed by atoms with Crippen LogP contribution in [0.15, 0.2) is 58.4 Å². The summed E-state index contributed by atoms with van der Waals surface area (Å²) in [6.07, 6.45) is 0.